The number of carbonyl (C=O) groups is 1. The SMILES string of the molecule is Cc1cc(C)c(C(=O)OC(C)(C)C)c(C)c1Br. The van der Waals surface area contributed by atoms with Gasteiger partial charge in [-0.3, -0.25) is 0 Å². The Morgan fingerprint density at radius 1 is 1.18 bits per heavy atom. The number of rotatable bonds is 1. The quantitative estimate of drug-likeness (QED) is 0.721. The molecule has 0 radical (unpaired) electrons. The number of benzene rings is 1. The van der Waals surface area contributed by atoms with Crippen molar-refractivity contribution in [3.63, 3.8) is 0 Å². The van der Waals surface area contributed by atoms with Gasteiger partial charge in [-0.2, -0.15) is 0 Å². The molecule has 0 heterocycles. The van der Waals surface area contributed by atoms with Gasteiger partial charge in [-0.05, 0) is 58.2 Å². The largest absolute Gasteiger partial charge is 0.456 e. The minimum absolute atomic E-state index is 0.256. The second kappa shape index (κ2) is 4.81. The molecule has 0 aliphatic rings. The molecule has 1 aromatic rings. The molecule has 0 saturated carbocycles. The van der Waals surface area contributed by atoms with E-state index in [1.54, 1.807) is 0 Å². The third kappa shape index (κ3) is 3.32. The molecule has 0 fully saturated rings. The average molecular weight is 299 g/mol. The van der Waals surface area contributed by atoms with E-state index < -0.39 is 5.60 Å². The summed E-state index contributed by atoms with van der Waals surface area (Å²) in [6, 6.07) is 2.00. The molecule has 0 saturated heterocycles. The van der Waals surface area contributed by atoms with E-state index in [-0.39, 0.29) is 5.97 Å². The van der Waals surface area contributed by atoms with Gasteiger partial charge in [-0.1, -0.05) is 22.0 Å². The molecule has 2 nitrogen and oxygen atoms in total. The normalized spacial score (nSPS) is 11.5. The van der Waals surface area contributed by atoms with E-state index in [2.05, 4.69) is 15.9 Å². The third-order valence-corrected chi connectivity index (χ3v) is 3.70. The second-order valence-corrected chi connectivity index (χ2v) is 6.12. The van der Waals surface area contributed by atoms with Crippen LogP contribution in [0.2, 0.25) is 0 Å². The summed E-state index contributed by atoms with van der Waals surface area (Å²) < 4.78 is 6.40. The Hall–Kier alpha value is -0.830. The number of halogens is 1. The van der Waals surface area contributed by atoms with E-state index in [0.717, 1.165) is 21.2 Å². The van der Waals surface area contributed by atoms with Crippen molar-refractivity contribution in [3.05, 3.63) is 32.8 Å². The van der Waals surface area contributed by atoms with Crippen molar-refractivity contribution < 1.29 is 9.53 Å². The van der Waals surface area contributed by atoms with Crippen molar-refractivity contribution in [2.45, 2.75) is 47.1 Å². The maximum Gasteiger partial charge on any atom is 0.339 e. The van der Waals surface area contributed by atoms with Gasteiger partial charge >= 0.3 is 5.97 Å². The molecule has 3 heteroatoms. The van der Waals surface area contributed by atoms with Crippen LogP contribution in [0.3, 0.4) is 0 Å². The number of carbonyl (C=O) groups excluding carboxylic acids is 1. The van der Waals surface area contributed by atoms with Crippen LogP contribution in [0, 0.1) is 20.8 Å². The molecular formula is C14H19BrO2. The van der Waals surface area contributed by atoms with Crippen LogP contribution in [0.15, 0.2) is 10.5 Å². The predicted molar refractivity (Wildman–Crippen MR) is 73.5 cm³/mol. The lowest BCUT2D eigenvalue weighted by Crippen LogP contribution is -2.25. The van der Waals surface area contributed by atoms with Crippen LogP contribution in [0.25, 0.3) is 0 Å². The molecular weight excluding hydrogens is 280 g/mol. The molecule has 0 aromatic heterocycles. The van der Waals surface area contributed by atoms with Gasteiger partial charge in [0.1, 0.15) is 5.60 Å². The first-order valence-electron chi connectivity index (χ1n) is 5.63. The number of hydrogen-bond acceptors (Lipinski definition) is 2. The Morgan fingerprint density at radius 3 is 2.18 bits per heavy atom. The summed E-state index contributed by atoms with van der Waals surface area (Å²) in [5.41, 5.74) is 3.23. The second-order valence-electron chi connectivity index (χ2n) is 5.33. The summed E-state index contributed by atoms with van der Waals surface area (Å²) in [5, 5.41) is 0. The van der Waals surface area contributed by atoms with Gasteiger partial charge in [0.15, 0.2) is 0 Å². The highest BCUT2D eigenvalue weighted by Crippen LogP contribution is 2.28. The summed E-state index contributed by atoms with van der Waals surface area (Å²) in [7, 11) is 0. The molecule has 94 valence electrons. The Bertz CT molecular complexity index is 456. The molecule has 1 rings (SSSR count). The van der Waals surface area contributed by atoms with Crippen LogP contribution in [-0.2, 0) is 4.74 Å². The zero-order valence-corrected chi connectivity index (χ0v) is 12.9. The number of ether oxygens (including phenoxy) is 1. The van der Waals surface area contributed by atoms with Gasteiger partial charge < -0.3 is 4.74 Å². The lowest BCUT2D eigenvalue weighted by atomic mass is 9.99. The molecule has 0 aliphatic heterocycles. The maximum absolute atomic E-state index is 12.1. The molecule has 17 heavy (non-hydrogen) atoms. The monoisotopic (exact) mass is 298 g/mol. The van der Waals surface area contributed by atoms with Crippen molar-refractivity contribution in [3.8, 4) is 0 Å². The van der Waals surface area contributed by atoms with Crippen molar-refractivity contribution in [2.75, 3.05) is 0 Å². The van der Waals surface area contributed by atoms with E-state index in [4.69, 9.17) is 4.74 Å². The van der Waals surface area contributed by atoms with Crippen LogP contribution in [-0.4, -0.2) is 11.6 Å². The number of hydrogen-bond donors (Lipinski definition) is 0. The third-order valence-electron chi connectivity index (χ3n) is 2.48. The fraction of sp³-hybridized carbons (Fsp3) is 0.500. The molecule has 0 atom stereocenters. The summed E-state index contributed by atoms with van der Waals surface area (Å²) in [4.78, 5) is 12.1. The van der Waals surface area contributed by atoms with Crippen molar-refractivity contribution in [2.24, 2.45) is 0 Å². The lowest BCUT2D eigenvalue weighted by Gasteiger charge is -2.21. The Labute approximate surface area is 111 Å². The topological polar surface area (TPSA) is 26.3 Å². The predicted octanol–water partition coefficient (Wildman–Crippen LogP) is 4.33. The minimum Gasteiger partial charge on any atom is -0.456 e. The van der Waals surface area contributed by atoms with Gasteiger partial charge in [0, 0.05) is 4.47 Å². The van der Waals surface area contributed by atoms with Gasteiger partial charge in [-0.25, -0.2) is 4.79 Å². The standard InChI is InChI=1S/C14H19BrO2/c1-8-7-9(2)12(15)10(3)11(8)13(16)17-14(4,5)6/h7H,1-6H3. The Morgan fingerprint density at radius 2 is 1.71 bits per heavy atom. The van der Waals surface area contributed by atoms with Crippen molar-refractivity contribution in [1.29, 1.82) is 0 Å². The van der Waals surface area contributed by atoms with E-state index in [1.807, 2.05) is 47.6 Å². The zero-order valence-electron chi connectivity index (χ0n) is 11.3. The summed E-state index contributed by atoms with van der Waals surface area (Å²) >= 11 is 3.50. The van der Waals surface area contributed by atoms with Crippen LogP contribution < -0.4 is 0 Å². The highest BCUT2D eigenvalue weighted by molar-refractivity contribution is 9.10. The van der Waals surface area contributed by atoms with Crippen LogP contribution in [0.4, 0.5) is 0 Å². The fourth-order valence-corrected chi connectivity index (χ4v) is 2.12. The van der Waals surface area contributed by atoms with Gasteiger partial charge in [0.2, 0.25) is 0 Å². The minimum atomic E-state index is -0.465. The van der Waals surface area contributed by atoms with Crippen LogP contribution in [0.1, 0.15) is 47.8 Å². The molecule has 0 aliphatic carbocycles. The Balaban J connectivity index is 3.24. The van der Waals surface area contributed by atoms with Gasteiger partial charge in [0.05, 0.1) is 5.56 Å². The first-order chi connectivity index (χ1) is 7.63. The highest BCUT2D eigenvalue weighted by Gasteiger charge is 2.22. The number of esters is 1. The summed E-state index contributed by atoms with van der Waals surface area (Å²) in [6.07, 6.45) is 0. The van der Waals surface area contributed by atoms with E-state index in [1.165, 1.54) is 0 Å². The molecule has 0 N–H and O–H groups in total. The summed E-state index contributed by atoms with van der Waals surface area (Å²) in [6.45, 7) is 11.5. The Kier molecular flexibility index (Phi) is 4.03. The highest BCUT2D eigenvalue weighted by atomic mass is 79.9. The zero-order chi connectivity index (χ0) is 13.4. The molecule has 0 bridgehead atoms. The van der Waals surface area contributed by atoms with Crippen LogP contribution in [0.5, 0.6) is 0 Å². The van der Waals surface area contributed by atoms with E-state index in [9.17, 15) is 4.79 Å². The smallest absolute Gasteiger partial charge is 0.339 e. The van der Waals surface area contributed by atoms with Crippen molar-refractivity contribution >= 4 is 21.9 Å². The fourth-order valence-electron chi connectivity index (χ4n) is 1.80. The molecule has 1 aromatic carbocycles. The molecule has 0 spiro atoms. The first-order valence-corrected chi connectivity index (χ1v) is 6.42. The average Bonchev–Trinajstić information content (AvgIpc) is 2.11. The number of aryl methyl sites for hydroxylation is 2. The van der Waals surface area contributed by atoms with Gasteiger partial charge in [-0.15, -0.1) is 0 Å². The summed E-state index contributed by atoms with van der Waals surface area (Å²) in [5.74, 6) is -0.256. The van der Waals surface area contributed by atoms with E-state index >= 15 is 0 Å². The lowest BCUT2D eigenvalue weighted by molar-refractivity contribution is 0.00679. The van der Waals surface area contributed by atoms with Gasteiger partial charge in [0.25, 0.3) is 0 Å². The molecule has 0 unspecified atom stereocenters. The molecule has 0 amide bonds. The van der Waals surface area contributed by atoms with Crippen LogP contribution >= 0.6 is 15.9 Å². The first kappa shape index (κ1) is 14.2. The van der Waals surface area contributed by atoms with Crippen molar-refractivity contribution in [1.82, 2.24) is 0 Å². The van der Waals surface area contributed by atoms with E-state index in [0.29, 0.717) is 5.56 Å². The maximum atomic E-state index is 12.1.